The van der Waals surface area contributed by atoms with Crippen LogP contribution in [0.1, 0.15) is 5.56 Å². The molecule has 0 aliphatic heterocycles. The topological polar surface area (TPSA) is 26.0 Å². The first-order chi connectivity index (χ1) is 8.10. The Morgan fingerprint density at radius 1 is 0.824 bits per heavy atom. The van der Waals surface area contributed by atoms with Crippen molar-refractivity contribution in [3.8, 4) is 11.1 Å². The molecule has 0 aromatic heterocycles. The second-order valence-electron chi connectivity index (χ2n) is 3.67. The van der Waals surface area contributed by atoms with E-state index in [2.05, 4.69) is 0 Å². The summed E-state index contributed by atoms with van der Waals surface area (Å²) >= 11 is 18.0. The molecule has 88 valence electrons. The van der Waals surface area contributed by atoms with Gasteiger partial charge in [0.2, 0.25) is 0 Å². The van der Waals surface area contributed by atoms with E-state index in [-0.39, 0.29) is 0 Å². The first-order valence-corrected chi connectivity index (χ1v) is 6.18. The zero-order valence-corrected chi connectivity index (χ0v) is 11.2. The number of nitrogens with two attached hydrogens (primary N) is 1. The van der Waals surface area contributed by atoms with Crippen molar-refractivity contribution in [3.63, 3.8) is 0 Å². The molecule has 1 nitrogen and oxygen atoms in total. The van der Waals surface area contributed by atoms with Crippen molar-refractivity contribution in [2.45, 2.75) is 6.54 Å². The second-order valence-corrected chi connectivity index (χ2v) is 4.95. The average Bonchev–Trinajstić information content (AvgIpc) is 2.28. The molecule has 0 atom stereocenters. The van der Waals surface area contributed by atoms with Gasteiger partial charge in [-0.2, -0.15) is 0 Å². The smallest absolute Gasteiger partial charge is 0.0451 e. The van der Waals surface area contributed by atoms with Crippen LogP contribution < -0.4 is 5.73 Å². The summed E-state index contributed by atoms with van der Waals surface area (Å²) < 4.78 is 0. The zero-order valence-electron chi connectivity index (χ0n) is 8.88. The Balaban J connectivity index is 2.52. The summed E-state index contributed by atoms with van der Waals surface area (Å²) in [6.45, 7) is 0.404. The highest BCUT2D eigenvalue weighted by atomic mass is 35.5. The van der Waals surface area contributed by atoms with Crippen LogP contribution in [0.5, 0.6) is 0 Å². The molecule has 0 radical (unpaired) electrons. The van der Waals surface area contributed by atoms with Crippen LogP contribution in [-0.2, 0) is 6.54 Å². The number of halogens is 3. The fourth-order valence-corrected chi connectivity index (χ4v) is 2.35. The van der Waals surface area contributed by atoms with Crippen LogP contribution >= 0.6 is 34.8 Å². The van der Waals surface area contributed by atoms with Crippen LogP contribution in [0.4, 0.5) is 0 Å². The minimum Gasteiger partial charge on any atom is -0.326 e. The standard InChI is InChI=1S/C13H10Cl3N/c14-11-4-9(5-12(15)6-11)8-1-2-13(16)10(3-8)7-17/h1-6H,7,17H2. The Bertz CT molecular complexity index is 532. The molecule has 0 saturated heterocycles. The normalized spacial score (nSPS) is 10.6. The molecule has 0 aliphatic rings. The maximum absolute atomic E-state index is 6.01. The van der Waals surface area contributed by atoms with Crippen molar-refractivity contribution in [2.75, 3.05) is 0 Å². The number of rotatable bonds is 2. The van der Waals surface area contributed by atoms with E-state index in [1.54, 1.807) is 6.07 Å². The predicted molar refractivity (Wildman–Crippen MR) is 74.8 cm³/mol. The summed E-state index contributed by atoms with van der Waals surface area (Å²) in [5.41, 5.74) is 8.48. The van der Waals surface area contributed by atoms with Gasteiger partial charge in [-0.1, -0.05) is 40.9 Å². The van der Waals surface area contributed by atoms with Gasteiger partial charge >= 0.3 is 0 Å². The van der Waals surface area contributed by atoms with E-state index < -0.39 is 0 Å². The summed E-state index contributed by atoms with van der Waals surface area (Å²) in [7, 11) is 0. The molecule has 17 heavy (non-hydrogen) atoms. The zero-order chi connectivity index (χ0) is 12.4. The largest absolute Gasteiger partial charge is 0.326 e. The molecule has 0 aliphatic carbocycles. The van der Waals surface area contributed by atoms with Crippen molar-refractivity contribution in [1.82, 2.24) is 0 Å². The first kappa shape index (κ1) is 12.7. The molecular weight excluding hydrogens is 277 g/mol. The van der Waals surface area contributed by atoms with E-state index in [1.165, 1.54) is 0 Å². The Hall–Kier alpha value is -0.730. The monoisotopic (exact) mass is 285 g/mol. The minimum absolute atomic E-state index is 0.404. The van der Waals surface area contributed by atoms with Gasteiger partial charge < -0.3 is 5.73 Å². The highest BCUT2D eigenvalue weighted by Gasteiger charge is 2.04. The molecule has 0 saturated carbocycles. The maximum atomic E-state index is 6.01. The SMILES string of the molecule is NCc1cc(-c2cc(Cl)cc(Cl)c2)ccc1Cl. The van der Waals surface area contributed by atoms with Crippen molar-refractivity contribution in [2.24, 2.45) is 5.73 Å². The molecule has 0 spiro atoms. The second kappa shape index (κ2) is 5.28. The minimum atomic E-state index is 0.404. The van der Waals surface area contributed by atoms with Gasteiger partial charge in [0.1, 0.15) is 0 Å². The molecular formula is C13H10Cl3N. The van der Waals surface area contributed by atoms with Gasteiger partial charge in [-0.3, -0.25) is 0 Å². The summed E-state index contributed by atoms with van der Waals surface area (Å²) in [6.07, 6.45) is 0. The van der Waals surface area contributed by atoms with Gasteiger partial charge in [0.15, 0.2) is 0 Å². The average molecular weight is 287 g/mol. The van der Waals surface area contributed by atoms with E-state index in [1.807, 2.05) is 30.3 Å². The Labute approximate surface area is 115 Å². The lowest BCUT2D eigenvalue weighted by molar-refractivity contribution is 1.07. The van der Waals surface area contributed by atoms with Crippen LogP contribution in [0.2, 0.25) is 15.1 Å². The molecule has 0 unspecified atom stereocenters. The lowest BCUT2D eigenvalue weighted by Gasteiger charge is -2.07. The lowest BCUT2D eigenvalue weighted by Crippen LogP contribution is -1.97. The maximum Gasteiger partial charge on any atom is 0.0451 e. The van der Waals surface area contributed by atoms with E-state index in [0.29, 0.717) is 21.6 Å². The highest BCUT2D eigenvalue weighted by Crippen LogP contribution is 2.29. The Kier molecular flexibility index (Phi) is 3.95. The number of benzene rings is 2. The third kappa shape index (κ3) is 2.93. The van der Waals surface area contributed by atoms with E-state index >= 15 is 0 Å². The summed E-state index contributed by atoms with van der Waals surface area (Å²) in [5.74, 6) is 0. The van der Waals surface area contributed by atoms with Crippen molar-refractivity contribution in [1.29, 1.82) is 0 Å². The van der Waals surface area contributed by atoms with Crippen molar-refractivity contribution >= 4 is 34.8 Å². The number of hydrogen-bond acceptors (Lipinski definition) is 1. The van der Waals surface area contributed by atoms with Gasteiger partial charge in [-0.05, 0) is 47.0 Å². The van der Waals surface area contributed by atoms with Gasteiger partial charge in [0.25, 0.3) is 0 Å². The fourth-order valence-electron chi connectivity index (χ4n) is 1.63. The molecule has 2 N–H and O–H groups in total. The van der Waals surface area contributed by atoms with E-state index in [9.17, 15) is 0 Å². The van der Waals surface area contributed by atoms with Crippen LogP contribution in [-0.4, -0.2) is 0 Å². The summed E-state index contributed by atoms with van der Waals surface area (Å²) in [4.78, 5) is 0. The molecule has 4 heteroatoms. The number of hydrogen-bond donors (Lipinski definition) is 1. The van der Waals surface area contributed by atoms with E-state index in [0.717, 1.165) is 16.7 Å². The Morgan fingerprint density at radius 3 is 2.06 bits per heavy atom. The van der Waals surface area contributed by atoms with Gasteiger partial charge in [0.05, 0.1) is 0 Å². The van der Waals surface area contributed by atoms with Crippen LogP contribution in [0, 0.1) is 0 Å². The molecule has 0 fully saturated rings. The van der Waals surface area contributed by atoms with Gasteiger partial charge in [0, 0.05) is 21.6 Å². The molecule has 2 aromatic rings. The molecule has 2 rings (SSSR count). The lowest BCUT2D eigenvalue weighted by atomic mass is 10.0. The van der Waals surface area contributed by atoms with Crippen LogP contribution in [0.25, 0.3) is 11.1 Å². The fraction of sp³-hybridized carbons (Fsp3) is 0.0769. The molecule has 2 aromatic carbocycles. The molecule has 0 bridgehead atoms. The van der Waals surface area contributed by atoms with E-state index in [4.69, 9.17) is 40.5 Å². The summed E-state index contributed by atoms with van der Waals surface area (Å²) in [6, 6.07) is 11.1. The first-order valence-electron chi connectivity index (χ1n) is 5.05. The molecule has 0 heterocycles. The van der Waals surface area contributed by atoms with Crippen LogP contribution in [0.15, 0.2) is 36.4 Å². The summed E-state index contributed by atoms with van der Waals surface area (Å²) in [5, 5.41) is 1.89. The third-order valence-corrected chi connectivity index (χ3v) is 3.27. The van der Waals surface area contributed by atoms with Crippen molar-refractivity contribution < 1.29 is 0 Å². The molecule has 0 amide bonds. The highest BCUT2D eigenvalue weighted by molar-refractivity contribution is 6.35. The quantitative estimate of drug-likeness (QED) is 0.845. The Morgan fingerprint density at radius 2 is 1.47 bits per heavy atom. The van der Waals surface area contributed by atoms with Gasteiger partial charge in [-0.15, -0.1) is 0 Å². The predicted octanol–water partition coefficient (Wildman–Crippen LogP) is 4.77. The third-order valence-electron chi connectivity index (χ3n) is 2.46. The van der Waals surface area contributed by atoms with Crippen molar-refractivity contribution in [3.05, 3.63) is 57.0 Å². The van der Waals surface area contributed by atoms with Gasteiger partial charge in [-0.25, -0.2) is 0 Å². The van der Waals surface area contributed by atoms with Crippen LogP contribution in [0.3, 0.4) is 0 Å².